The molecule has 2 atom stereocenters. The Kier molecular flexibility index (Phi) is 18.7. The minimum Gasteiger partial charge on any atom is -0.748 e. The van der Waals surface area contributed by atoms with E-state index in [1.165, 1.54) is 38.5 Å². The van der Waals surface area contributed by atoms with E-state index in [2.05, 4.69) is 6.92 Å². The van der Waals surface area contributed by atoms with E-state index >= 15 is 0 Å². The molecule has 0 heterocycles. The summed E-state index contributed by atoms with van der Waals surface area (Å²) in [4.78, 5) is 0. The standard InChI is InChI=1S/C16H34O4S.K/c1-3-5-6-7-8-9-10-11-13-15(17)14-16(12-4-2)21(18,19)20;/h15-17H,3-14H2,1-2H3,(H,18,19,20);/q;+1/p-1. The Morgan fingerprint density at radius 3 is 1.82 bits per heavy atom. The fraction of sp³-hybridized carbons (Fsp3) is 1.00. The fourth-order valence-electron chi connectivity index (χ4n) is 2.64. The molecule has 0 aliphatic heterocycles. The van der Waals surface area contributed by atoms with E-state index < -0.39 is 21.5 Å². The van der Waals surface area contributed by atoms with Gasteiger partial charge < -0.3 is 9.66 Å². The number of aliphatic hydroxyl groups is 1. The van der Waals surface area contributed by atoms with Crippen molar-refractivity contribution < 1.29 is 69.5 Å². The van der Waals surface area contributed by atoms with Gasteiger partial charge in [-0.25, -0.2) is 8.42 Å². The van der Waals surface area contributed by atoms with Crippen LogP contribution in [0.5, 0.6) is 0 Å². The molecule has 0 aliphatic rings. The Balaban J connectivity index is 0. The molecule has 0 saturated carbocycles. The van der Waals surface area contributed by atoms with Crippen molar-refractivity contribution in [3.63, 3.8) is 0 Å². The zero-order valence-corrected chi connectivity index (χ0v) is 18.7. The summed E-state index contributed by atoms with van der Waals surface area (Å²) in [6, 6.07) is 0. The predicted molar refractivity (Wildman–Crippen MR) is 86.2 cm³/mol. The summed E-state index contributed by atoms with van der Waals surface area (Å²) in [5.74, 6) is 0. The van der Waals surface area contributed by atoms with Crippen molar-refractivity contribution in [1.29, 1.82) is 0 Å². The van der Waals surface area contributed by atoms with E-state index in [-0.39, 0.29) is 57.8 Å². The van der Waals surface area contributed by atoms with Gasteiger partial charge in [-0.1, -0.05) is 71.6 Å². The van der Waals surface area contributed by atoms with E-state index in [0.29, 0.717) is 19.3 Å². The number of hydrogen-bond donors (Lipinski definition) is 1. The summed E-state index contributed by atoms with van der Waals surface area (Å²) < 4.78 is 33.3. The van der Waals surface area contributed by atoms with Gasteiger partial charge in [0.15, 0.2) is 0 Å². The van der Waals surface area contributed by atoms with Crippen molar-refractivity contribution in [2.45, 2.75) is 102 Å². The molecular formula is C16H33KO4S. The van der Waals surface area contributed by atoms with Gasteiger partial charge in [0.25, 0.3) is 0 Å². The zero-order valence-electron chi connectivity index (χ0n) is 14.7. The molecule has 0 aliphatic carbocycles. The molecule has 6 heteroatoms. The van der Waals surface area contributed by atoms with Crippen LogP contribution < -0.4 is 51.4 Å². The SMILES string of the molecule is CCCCCCCCCCC(O)CC(CCC)S(=O)(=O)[O-].[K+]. The minimum atomic E-state index is -4.28. The van der Waals surface area contributed by atoms with Gasteiger partial charge in [-0.2, -0.15) is 0 Å². The Morgan fingerprint density at radius 1 is 0.864 bits per heavy atom. The van der Waals surface area contributed by atoms with Crippen LogP contribution in [-0.2, 0) is 10.1 Å². The summed E-state index contributed by atoms with van der Waals surface area (Å²) in [6.07, 6.45) is 10.6. The summed E-state index contributed by atoms with van der Waals surface area (Å²) in [5.41, 5.74) is 0. The van der Waals surface area contributed by atoms with Crippen LogP contribution in [0.3, 0.4) is 0 Å². The molecule has 0 radical (unpaired) electrons. The second-order valence-electron chi connectivity index (χ2n) is 6.06. The molecule has 0 fully saturated rings. The fourth-order valence-corrected chi connectivity index (χ4v) is 3.62. The second-order valence-corrected chi connectivity index (χ2v) is 7.71. The number of rotatable bonds is 14. The van der Waals surface area contributed by atoms with Gasteiger partial charge in [-0.05, 0) is 19.3 Å². The predicted octanol–water partition coefficient (Wildman–Crippen LogP) is 0.986. The van der Waals surface area contributed by atoms with Crippen molar-refractivity contribution >= 4 is 10.1 Å². The number of hydrogen-bond acceptors (Lipinski definition) is 4. The van der Waals surface area contributed by atoms with Crippen LogP contribution in [0.25, 0.3) is 0 Å². The first-order chi connectivity index (χ1) is 9.91. The molecule has 0 aromatic carbocycles. The monoisotopic (exact) mass is 360 g/mol. The maximum absolute atomic E-state index is 11.1. The molecule has 0 bridgehead atoms. The summed E-state index contributed by atoms with van der Waals surface area (Å²) >= 11 is 0. The van der Waals surface area contributed by atoms with E-state index in [9.17, 15) is 18.1 Å². The van der Waals surface area contributed by atoms with E-state index in [1.54, 1.807) is 0 Å². The largest absolute Gasteiger partial charge is 1.00 e. The van der Waals surface area contributed by atoms with Gasteiger partial charge in [0.2, 0.25) is 0 Å². The third-order valence-electron chi connectivity index (χ3n) is 3.94. The third kappa shape index (κ3) is 15.1. The van der Waals surface area contributed by atoms with E-state index in [4.69, 9.17) is 0 Å². The summed E-state index contributed by atoms with van der Waals surface area (Å²) in [7, 11) is -4.28. The van der Waals surface area contributed by atoms with Gasteiger partial charge in [-0.3, -0.25) is 0 Å². The molecule has 1 N–H and O–H groups in total. The van der Waals surface area contributed by atoms with Gasteiger partial charge in [0, 0.05) is 0 Å². The Morgan fingerprint density at radius 2 is 1.36 bits per heavy atom. The van der Waals surface area contributed by atoms with Crippen LogP contribution in [0.4, 0.5) is 0 Å². The number of aliphatic hydroxyl groups excluding tert-OH is 1. The Bertz CT molecular complexity index is 333. The third-order valence-corrected chi connectivity index (χ3v) is 5.19. The van der Waals surface area contributed by atoms with Crippen molar-refractivity contribution in [3.8, 4) is 0 Å². The van der Waals surface area contributed by atoms with Crippen molar-refractivity contribution in [2.75, 3.05) is 0 Å². The topological polar surface area (TPSA) is 77.4 Å². The average molecular weight is 361 g/mol. The van der Waals surface area contributed by atoms with Crippen LogP contribution in [-0.4, -0.2) is 29.4 Å². The first-order valence-corrected chi connectivity index (χ1v) is 10.0. The van der Waals surface area contributed by atoms with Crippen LogP contribution in [0.1, 0.15) is 90.9 Å². The van der Waals surface area contributed by atoms with Crippen LogP contribution in [0.2, 0.25) is 0 Å². The van der Waals surface area contributed by atoms with Crippen molar-refractivity contribution in [2.24, 2.45) is 0 Å². The first-order valence-electron chi connectivity index (χ1n) is 8.54. The van der Waals surface area contributed by atoms with Gasteiger partial charge >= 0.3 is 51.4 Å². The molecule has 0 spiro atoms. The van der Waals surface area contributed by atoms with Crippen LogP contribution in [0.15, 0.2) is 0 Å². The quantitative estimate of drug-likeness (QED) is 0.285. The van der Waals surface area contributed by atoms with Gasteiger partial charge in [0.05, 0.1) is 21.5 Å². The first kappa shape index (κ1) is 25.7. The molecule has 0 amide bonds. The van der Waals surface area contributed by atoms with Gasteiger partial charge in [-0.15, -0.1) is 0 Å². The molecule has 0 aromatic heterocycles. The smallest absolute Gasteiger partial charge is 0.748 e. The molecular weight excluding hydrogens is 327 g/mol. The maximum Gasteiger partial charge on any atom is 1.00 e. The molecule has 4 nitrogen and oxygen atoms in total. The zero-order chi connectivity index (χ0) is 16.1. The Hall–Kier alpha value is 1.51. The molecule has 22 heavy (non-hydrogen) atoms. The molecule has 128 valence electrons. The minimum absolute atomic E-state index is 0. The van der Waals surface area contributed by atoms with Gasteiger partial charge in [0.1, 0.15) is 0 Å². The maximum atomic E-state index is 11.1. The normalized spacial score (nSPS) is 14.4. The molecule has 2 unspecified atom stereocenters. The average Bonchev–Trinajstić information content (AvgIpc) is 2.40. The summed E-state index contributed by atoms with van der Waals surface area (Å²) in [5, 5.41) is 8.95. The second kappa shape index (κ2) is 16.0. The van der Waals surface area contributed by atoms with E-state index in [1.807, 2.05) is 6.92 Å². The molecule has 0 aromatic rings. The van der Waals surface area contributed by atoms with Crippen molar-refractivity contribution in [1.82, 2.24) is 0 Å². The Labute approximate surface area is 180 Å². The molecule has 0 rings (SSSR count). The molecule has 0 saturated heterocycles. The van der Waals surface area contributed by atoms with Crippen LogP contribution in [0, 0.1) is 0 Å². The number of unbranched alkanes of at least 4 members (excludes halogenated alkanes) is 7. The van der Waals surface area contributed by atoms with Crippen molar-refractivity contribution in [3.05, 3.63) is 0 Å². The van der Waals surface area contributed by atoms with E-state index in [0.717, 1.165) is 12.8 Å². The summed E-state index contributed by atoms with van der Waals surface area (Å²) in [6.45, 7) is 4.05. The van der Waals surface area contributed by atoms with Crippen LogP contribution >= 0.6 is 0 Å².